The summed E-state index contributed by atoms with van der Waals surface area (Å²) in [6, 6.07) is 15.8. The van der Waals surface area contributed by atoms with Gasteiger partial charge in [0.05, 0.1) is 38.0 Å². The van der Waals surface area contributed by atoms with Gasteiger partial charge in [-0.1, -0.05) is 6.07 Å². The van der Waals surface area contributed by atoms with E-state index in [0.29, 0.717) is 29.2 Å². The summed E-state index contributed by atoms with van der Waals surface area (Å²) in [7, 11) is 6.35. The fourth-order valence-electron chi connectivity index (χ4n) is 3.98. The molecule has 0 saturated carbocycles. The van der Waals surface area contributed by atoms with E-state index < -0.39 is 6.04 Å². The predicted molar refractivity (Wildman–Crippen MR) is 135 cm³/mol. The third kappa shape index (κ3) is 5.14. The van der Waals surface area contributed by atoms with Crippen LogP contribution in [0.2, 0.25) is 0 Å². The highest BCUT2D eigenvalue weighted by molar-refractivity contribution is 7.12. The number of ether oxygens (including phenoxy) is 3. The van der Waals surface area contributed by atoms with E-state index in [2.05, 4.69) is 5.10 Å². The maximum Gasteiger partial charge on any atom is 0.262 e. The van der Waals surface area contributed by atoms with Crippen molar-refractivity contribution in [2.75, 3.05) is 34.9 Å². The fourth-order valence-corrected chi connectivity index (χ4v) is 4.70. The van der Waals surface area contributed by atoms with E-state index in [4.69, 9.17) is 14.2 Å². The third-order valence-electron chi connectivity index (χ3n) is 5.82. The van der Waals surface area contributed by atoms with Crippen LogP contribution in [0.25, 0.3) is 0 Å². The van der Waals surface area contributed by atoms with E-state index >= 15 is 0 Å². The summed E-state index contributed by atoms with van der Waals surface area (Å²) >= 11 is 1.57. The molecule has 2 heterocycles. The summed E-state index contributed by atoms with van der Waals surface area (Å²) in [4.78, 5) is 28.8. The SMILES string of the molecule is COc1ccc(C(=O)N(C)CC(=O)N2N=C(c3cccs3)C[C@@H]2c2cc(OC)ccc2OC)cc1. The Hall–Kier alpha value is -3.85. The van der Waals surface area contributed by atoms with Gasteiger partial charge in [0.25, 0.3) is 11.8 Å². The van der Waals surface area contributed by atoms with Crippen LogP contribution in [-0.4, -0.2) is 62.4 Å². The van der Waals surface area contributed by atoms with Crippen LogP contribution in [0.1, 0.15) is 33.3 Å². The van der Waals surface area contributed by atoms with Crippen molar-refractivity contribution in [3.8, 4) is 17.2 Å². The second-order valence-electron chi connectivity index (χ2n) is 7.98. The highest BCUT2D eigenvalue weighted by Crippen LogP contribution is 2.39. The molecule has 2 aromatic carbocycles. The lowest BCUT2D eigenvalue weighted by molar-refractivity contribution is -0.133. The minimum absolute atomic E-state index is 0.130. The topological polar surface area (TPSA) is 80.7 Å². The first-order chi connectivity index (χ1) is 16.9. The molecule has 35 heavy (non-hydrogen) atoms. The smallest absolute Gasteiger partial charge is 0.262 e. The number of carbonyl (C=O) groups excluding carboxylic acids is 2. The molecule has 1 aliphatic rings. The number of benzene rings is 2. The molecule has 182 valence electrons. The molecule has 0 spiro atoms. The summed E-state index contributed by atoms with van der Waals surface area (Å²) in [6.07, 6.45) is 0.520. The maximum atomic E-state index is 13.5. The number of rotatable bonds is 8. The highest BCUT2D eigenvalue weighted by atomic mass is 32.1. The van der Waals surface area contributed by atoms with Crippen molar-refractivity contribution >= 4 is 28.9 Å². The van der Waals surface area contributed by atoms with Crippen LogP contribution in [0.3, 0.4) is 0 Å². The molecule has 8 nitrogen and oxygen atoms in total. The summed E-state index contributed by atoms with van der Waals surface area (Å²) < 4.78 is 16.2. The molecular formula is C26H27N3O5S. The average Bonchev–Trinajstić information content (AvgIpc) is 3.58. The van der Waals surface area contributed by atoms with Gasteiger partial charge in [0.2, 0.25) is 0 Å². The summed E-state index contributed by atoms with van der Waals surface area (Å²) in [6.45, 7) is -0.130. The number of carbonyl (C=O) groups is 2. The van der Waals surface area contributed by atoms with Gasteiger partial charge in [-0.25, -0.2) is 5.01 Å². The van der Waals surface area contributed by atoms with E-state index in [9.17, 15) is 9.59 Å². The Kier molecular flexibility index (Phi) is 7.36. The molecule has 1 atom stereocenters. The fraction of sp³-hybridized carbons (Fsp3) is 0.269. The molecule has 0 fully saturated rings. The van der Waals surface area contributed by atoms with Gasteiger partial charge in [0.1, 0.15) is 23.8 Å². The molecular weight excluding hydrogens is 466 g/mol. The number of amides is 2. The summed E-state index contributed by atoms with van der Waals surface area (Å²) in [5.74, 6) is 1.39. The Balaban J connectivity index is 1.61. The van der Waals surface area contributed by atoms with Crippen LogP contribution >= 0.6 is 11.3 Å². The quantitative estimate of drug-likeness (QED) is 0.469. The van der Waals surface area contributed by atoms with Crippen molar-refractivity contribution in [1.29, 1.82) is 0 Å². The number of hydrazone groups is 1. The number of hydrogen-bond donors (Lipinski definition) is 0. The van der Waals surface area contributed by atoms with E-state index in [0.717, 1.165) is 16.2 Å². The van der Waals surface area contributed by atoms with Gasteiger partial charge in [-0.2, -0.15) is 5.10 Å². The van der Waals surface area contributed by atoms with Crippen molar-refractivity contribution in [3.05, 3.63) is 76.0 Å². The van der Waals surface area contributed by atoms with Gasteiger partial charge in [0.15, 0.2) is 0 Å². The Morgan fingerprint density at radius 2 is 1.74 bits per heavy atom. The van der Waals surface area contributed by atoms with Gasteiger partial charge >= 0.3 is 0 Å². The molecule has 4 rings (SSSR count). The van der Waals surface area contributed by atoms with Crippen molar-refractivity contribution in [3.63, 3.8) is 0 Å². The Morgan fingerprint density at radius 3 is 2.37 bits per heavy atom. The van der Waals surface area contributed by atoms with Crippen molar-refractivity contribution < 1.29 is 23.8 Å². The molecule has 0 saturated heterocycles. The number of thiophene rings is 1. The first kappa shape index (κ1) is 24.3. The first-order valence-electron chi connectivity index (χ1n) is 11.0. The molecule has 0 radical (unpaired) electrons. The zero-order valence-corrected chi connectivity index (χ0v) is 20.9. The Bertz CT molecular complexity index is 1220. The monoisotopic (exact) mass is 493 g/mol. The van der Waals surface area contributed by atoms with Crippen molar-refractivity contribution in [1.82, 2.24) is 9.91 Å². The average molecular weight is 494 g/mol. The Labute approximate surface area is 208 Å². The lowest BCUT2D eigenvalue weighted by Gasteiger charge is -2.26. The second-order valence-corrected chi connectivity index (χ2v) is 8.93. The molecule has 0 bridgehead atoms. The molecule has 1 aromatic heterocycles. The largest absolute Gasteiger partial charge is 0.497 e. The van der Waals surface area contributed by atoms with Gasteiger partial charge in [-0.3, -0.25) is 9.59 Å². The number of likely N-dealkylation sites (N-methyl/N-ethyl adjacent to an activating group) is 1. The van der Waals surface area contributed by atoms with Gasteiger partial charge in [-0.05, 0) is 53.9 Å². The molecule has 0 N–H and O–H groups in total. The standard InChI is InChI=1S/C26H27N3O5S/c1-28(26(31)17-7-9-18(32-2)10-8-17)16-25(30)29-22(15-21(27-29)24-6-5-13-35-24)20-14-19(33-3)11-12-23(20)34-4/h5-14,22H,15-16H2,1-4H3/t22-/m1/s1. The zero-order chi connectivity index (χ0) is 24.9. The number of methoxy groups -OCH3 is 3. The molecule has 0 aliphatic carbocycles. The number of hydrogen-bond acceptors (Lipinski definition) is 7. The normalized spacial score (nSPS) is 14.9. The zero-order valence-electron chi connectivity index (χ0n) is 20.1. The summed E-state index contributed by atoms with van der Waals surface area (Å²) in [5, 5.41) is 8.13. The molecule has 9 heteroatoms. The van der Waals surface area contributed by atoms with Crippen LogP contribution in [0.5, 0.6) is 17.2 Å². The van der Waals surface area contributed by atoms with Crippen LogP contribution in [0.15, 0.2) is 65.1 Å². The predicted octanol–water partition coefficient (Wildman–Crippen LogP) is 4.22. The van der Waals surface area contributed by atoms with Gasteiger partial charge in [0, 0.05) is 24.6 Å². The van der Waals surface area contributed by atoms with Crippen LogP contribution in [0.4, 0.5) is 0 Å². The van der Waals surface area contributed by atoms with E-state index in [1.165, 1.54) is 9.91 Å². The first-order valence-corrected chi connectivity index (χ1v) is 11.9. The molecule has 1 aliphatic heterocycles. The van der Waals surface area contributed by atoms with Crippen molar-refractivity contribution in [2.45, 2.75) is 12.5 Å². The highest BCUT2D eigenvalue weighted by Gasteiger charge is 2.36. The maximum absolute atomic E-state index is 13.5. The molecule has 2 amide bonds. The lowest BCUT2D eigenvalue weighted by Crippen LogP contribution is -2.39. The van der Waals surface area contributed by atoms with Crippen molar-refractivity contribution in [2.24, 2.45) is 5.10 Å². The van der Waals surface area contributed by atoms with Crippen LogP contribution < -0.4 is 14.2 Å². The second kappa shape index (κ2) is 10.6. The van der Waals surface area contributed by atoms with Crippen LogP contribution in [0, 0.1) is 0 Å². The lowest BCUT2D eigenvalue weighted by atomic mass is 9.99. The van der Waals surface area contributed by atoms with Crippen LogP contribution in [-0.2, 0) is 4.79 Å². The minimum atomic E-state index is -0.394. The number of nitrogens with zero attached hydrogens (tertiary/aromatic N) is 3. The van der Waals surface area contributed by atoms with E-state index in [1.807, 2.05) is 35.7 Å². The van der Waals surface area contributed by atoms with E-state index in [-0.39, 0.29) is 18.4 Å². The van der Waals surface area contributed by atoms with Gasteiger partial charge in [-0.15, -0.1) is 11.3 Å². The van der Waals surface area contributed by atoms with Gasteiger partial charge < -0.3 is 19.1 Å². The molecule has 0 unspecified atom stereocenters. The minimum Gasteiger partial charge on any atom is -0.497 e. The summed E-state index contributed by atoms with van der Waals surface area (Å²) in [5.41, 5.74) is 2.07. The van der Waals surface area contributed by atoms with E-state index in [1.54, 1.807) is 64.0 Å². The molecule has 3 aromatic rings. The third-order valence-corrected chi connectivity index (χ3v) is 6.74. The Morgan fingerprint density at radius 1 is 1.03 bits per heavy atom.